The molecule has 2 nitrogen and oxygen atoms in total. The first-order valence-electron chi connectivity index (χ1n) is 9.44. The van der Waals surface area contributed by atoms with Gasteiger partial charge in [-0.25, -0.2) is 0 Å². The van der Waals surface area contributed by atoms with Crippen LogP contribution in [0.5, 0.6) is 0 Å². The lowest BCUT2D eigenvalue weighted by Crippen LogP contribution is -2.45. The number of benzene rings is 3. The maximum Gasteiger partial charge on any atom is 0.189 e. The first kappa shape index (κ1) is 17.2. The number of aromatic nitrogens is 1. The topological polar surface area (TPSA) is 30.0 Å². The summed E-state index contributed by atoms with van der Waals surface area (Å²) in [5.74, 6) is 0. The van der Waals surface area contributed by atoms with Gasteiger partial charge in [0.2, 0.25) is 0 Å². The molecule has 28 heavy (non-hydrogen) atoms. The molecule has 1 aromatic heterocycles. The smallest absolute Gasteiger partial charge is 0.189 e. The highest BCUT2D eigenvalue weighted by Gasteiger charge is 2.48. The van der Waals surface area contributed by atoms with E-state index < -0.39 is 12.6 Å². The molecule has 3 aromatic carbocycles. The fraction of sp³-hybridized carbons (Fsp3) is 0.0800. The molecule has 2 heterocycles. The molecule has 0 bridgehead atoms. The lowest BCUT2D eigenvalue weighted by atomic mass is 9.71. The van der Waals surface area contributed by atoms with Crippen molar-refractivity contribution in [1.29, 1.82) is 0 Å². The number of pyridine rings is 1. The predicted molar refractivity (Wildman–Crippen MR) is 116 cm³/mol. The summed E-state index contributed by atoms with van der Waals surface area (Å²) < 4.78 is 14.7. The van der Waals surface area contributed by atoms with E-state index in [4.69, 9.17) is 4.98 Å². The fourth-order valence-corrected chi connectivity index (χ4v) is 7.59. The van der Waals surface area contributed by atoms with Gasteiger partial charge in [-0.3, -0.25) is 4.98 Å². The van der Waals surface area contributed by atoms with Crippen molar-refractivity contribution in [3.8, 4) is 0 Å². The molecule has 0 N–H and O–H groups in total. The molecule has 0 amide bonds. The lowest BCUT2D eigenvalue weighted by Gasteiger charge is -2.41. The van der Waals surface area contributed by atoms with Crippen LogP contribution in [0.4, 0.5) is 0 Å². The first-order valence-corrected chi connectivity index (χ1v) is 11.1. The first-order chi connectivity index (χ1) is 13.7. The number of rotatable bonds is 2. The number of nitrogens with zero attached hydrogens (tertiary/aromatic N) is 1. The van der Waals surface area contributed by atoms with Gasteiger partial charge in [-0.1, -0.05) is 91.0 Å². The van der Waals surface area contributed by atoms with Crippen molar-refractivity contribution < 1.29 is 4.57 Å². The van der Waals surface area contributed by atoms with Crippen LogP contribution in [0, 0.1) is 0 Å². The molecule has 2 unspecified atom stereocenters. The van der Waals surface area contributed by atoms with Crippen molar-refractivity contribution in [1.82, 2.24) is 4.98 Å². The molecule has 3 heteroatoms. The van der Waals surface area contributed by atoms with E-state index in [9.17, 15) is 4.57 Å². The third-order valence-corrected chi connectivity index (χ3v) is 8.92. The van der Waals surface area contributed by atoms with Gasteiger partial charge in [0, 0.05) is 22.2 Å². The largest absolute Gasteiger partial charge is 0.307 e. The minimum atomic E-state index is -3.06. The van der Waals surface area contributed by atoms with Gasteiger partial charge in [0.1, 0.15) is 5.44 Å². The molecule has 0 aliphatic carbocycles. The maximum atomic E-state index is 14.7. The monoisotopic (exact) mass is 381 g/mol. The normalized spacial score (nSPS) is 22.9. The van der Waals surface area contributed by atoms with Crippen LogP contribution in [0.15, 0.2) is 103 Å². The zero-order valence-corrected chi connectivity index (χ0v) is 16.5. The zero-order chi connectivity index (χ0) is 19.2. The summed E-state index contributed by atoms with van der Waals surface area (Å²) in [6.45, 7) is 2.22. The van der Waals surface area contributed by atoms with Crippen molar-refractivity contribution in [2.75, 3.05) is 0 Å². The molecule has 2 atom stereocenters. The average Bonchev–Trinajstić information content (AvgIpc) is 2.79. The Balaban J connectivity index is 1.93. The van der Waals surface area contributed by atoms with E-state index in [-0.39, 0.29) is 0 Å². The summed E-state index contributed by atoms with van der Waals surface area (Å²) in [4.78, 5) is 4.71. The third-order valence-electron chi connectivity index (χ3n) is 5.88. The van der Waals surface area contributed by atoms with Crippen LogP contribution in [0.2, 0.25) is 0 Å². The van der Waals surface area contributed by atoms with E-state index in [0.29, 0.717) is 5.44 Å². The van der Waals surface area contributed by atoms with Crippen molar-refractivity contribution in [3.63, 3.8) is 0 Å². The molecular formula is C25H20NOP. The van der Waals surface area contributed by atoms with E-state index in [1.807, 2.05) is 60.7 Å². The predicted octanol–water partition coefficient (Wildman–Crippen LogP) is 4.39. The van der Waals surface area contributed by atoms with Crippen LogP contribution in [0.1, 0.15) is 23.6 Å². The van der Waals surface area contributed by atoms with Gasteiger partial charge in [-0.2, -0.15) is 0 Å². The Morgan fingerprint density at radius 2 is 1.32 bits per heavy atom. The van der Waals surface area contributed by atoms with Crippen molar-refractivity contribution in [2.24, 2.45) is 0 Å². The van der Waals surface area contributed by atoms with Crippen LogP contribution in [-0.2, 0) is 9.98 Å². The summed E-state index contributed by atoms with van der Waals surface area (Å²) in [5.41, 5.74) is 3.58. The van der Waals surface area contributed by atoms with Crippen LogP contribution in [-0.4, -0.2) is 4.98 Å². The van der Waals surface area contributed by atoms with Gasteiger partial charge in [0.25, 0.3) is 0 Å². The van der Waals surface area contributed by atoms with E-state index in [0.717, 1.165) is 21.7 Å². The van der Waals surface area contributed by atoms with Crippen LogP contribution >= 0.6 is 7.14 Å². The number of hydrogen-bond donors (Lipinski definition) is 0. The molecule has 5 rings (SSSR count). The third kappa shape index (κ3) is 2.22. The van der Waals surface area contributed by atoms with Crippen LogP contribution in [0.3, 0.4) is 0 Å². The fourth-order valence-electron chi connectivity index (χ4n) is 4.45. The minimum Gasteiger partial charge on any atom is -0.307 e. The highest BCUT2D eigenvalue weighted by Crippen LogP contribution is 2.53. The van der Waals surface area contributed by atoms with Crippen molar-refractivity contribution in [3.05, 3.63) is 120 Å². The van der Waals surface area contributed by atoms with E-state index >= 15 is 0 Å². The number of fused-ring (bicyclic) bond motifs is 2. The molecule has 136 valence electrons. The second kappa shape index (κ2) is 6.29. The van der Waals surface area contributed by atoms with E-state index in [1.165, 1.54) is 5.56 Å². The Kier molecular flexibility index (Phi) is 3.86. The van der Waals surface area contributed by atoms with Gasteiger partial charge in [0.15, 0.2) is 7.14 Å². The van der Waals surface area contributed by atoms with Gasteiger partial charge < -0.3 is 4.57 Å². The Hall–Kier alpha value is -2.96. The molecule has 0 spiro atoms. The van der Waals surface area contributed by atoms with Crippen LogP contribution in [0.25, 0.3) is 0 Å². The molecule has 0 saturated carbocycles. The minimum absolute atomic E-state index is 0.413. The maximum absolute atomic E-state index is 14.7. The van der Waals surface area contributed by atoms with Gasteiger partial charge >= 0.3 is 0 Å². The van der Waals surface area contributed by atoms with Crippen molar-refractivity contribution in [2.45, 2.75) is 12.3 Å². The number of hydrogen-bond acceptors (Lipinski definition) is 2. The molecule has 0 saturated heterocycles. The molecule has 1 aliphatic rings. The van der Waals surface area contributed by atoms with Gasteiger partial charge in [-0.15, -0.1) is 0 Å². The quantitative estimate of drug-likeness (QED) is 0.482. The Labute approximate surface area is 165 Å². The second-order valence-electron chi connectivity index (χ2n) is 7.33. The van der Waals surface area contributed by atoms with Gasteiger partial charge in [-0.05, 0) is 29.7 Å². The van der Waals surface area contributed by atoms with Gasteiger partial charge in [0.05, 0.1) is 0 Å². The summed E-state index contributed by atoms with van der Waals surface area (Å²) in [6.07, 6.45) is 1.76. The molecule has 1 aliphatic heterocycles. The molecule has 0 radical (unpaired) electrons. The Morgan fingerprint density at radius 1 is 0.714 bits per heavy atom. The summed E-state index contributed by atoms with van der Waals surface area (Å²) in [6, 6.07) is 32.4. The zero-order valence-electron chi connectivity index (χ0n) is 15.6. The Morgan fingerprint density at radius 3 is 2.07 bits per heavy atom. The highest BCUT2D eigenvalue weighted by molar-refractivity contribution is 7.85. The molecular weight excluding hydrogens is 361 g/mol. The Bertz CT molecular complexity index is 1150. The summed E-state index contributed by atoms with van der Waals surface area (Å²) in [5, 5.41) is 1.72. The average molecular weight is 381 g/mol. The summed E-state index contributed by atoms with van der Waals surface area (Å²) in [7, 11) is -3.06. The lowest BCUT2D eigenvalue weighted by molar-refractivity contribution is 0.588. The standard InChI is InChI=1S/C25H20NOP/c1-25(19-11-4-2-5-12-19)21-15-8-9-17-23(21)28(27,20-13-6-3-7-14-20)24-22(25)16-10-18-26-24/h2-18H,1H3. The van der Waals surface area contributed by atoms with Crippen LogP contribution < -0.4 is 16.0 Å². The molecule has 4 aromatic rings. The summed E-state index contributed by atoms with van der Waals surface area (Å²) >= 11 is 0. The molecule has 0 fully saturated rings. The van der Waals surface area contributed by atoms with Crippen molar-refractivity contribution >= 4 is 23.2 Å². The highest BCUT2D eigenvalue weighted by atomic mass is 31.2. The SMILES string of the molecule is CC1(c2ccccc2)c2ccccc2P(=O)(c2ccccc2)c2ncccc21. The van der Waals surface area contributed by atoms with E-state index in [1.54, 1.807) is 6.20 Å². The van der Waals surface area contributed by atoms with E-state index in [2.05, 4.69) is 43.3 Å². The second-order valence-corrected chi connectivity index (χ2v) is 9.97.